The fourth-order valence-electron chi connectivity index (χ4n) is 1.35. The van der Waals surface area contributed by atoms with Crippen LogP contribution in [0.1, 0.15) is 0 Å². The molecule has 0 bridgehead atoms. The molecule has 4 nitrogen and oxygen atoms in total. The van der Waals surface area contributed by atoms with Crippen LogP contribution in [0.25, 0.3) is 11.3 Å². The van der Waals surface area contributed by atoms with E-state index in [1.165, 1.54) is 18.3 Å². The van der Waals surface area contributed by atoms with E-state index in [0.29, 0.717) is 11.3 Å². The van der Waals surface area contributed by atoms with Gasteiger partial charge in [0.15, 0.2) is 5.75 Å². The molecule has 1 aromatic heterocycles. The summed E-state index contributed by atoms with van der Waals surface area (Å²) in [6.45, 7) is 3.29. The molecule has 0 aliphatic rings. The number of nitrogens with zero attached hydrogens (tertiary/aromatic N) is 1. The molecule has 1 heterocycles. The van der Waals surface area contributed by atoms with Gasteiger partial charge in [0.05, 0.1) is 6.20 Å². The predicted octanol–water partition coefficient (Wildman–Crippen LogP) is 2.31. The lowest BCUT2D eigenvalue weighted by atomic mass is 10.1. The summed E-state index contributed by atoms with van der Waals surface area (Å²) in [5.41, 5.74) is 0.995. The first-order valence-electron chi connectivity index (χ1n) is 4.84. The molecule has 0 saturated carbocycles. The van der Waals surface area contributed by atoms with Crippen LogP contribution in [-0.2, 0) is 4.79 Å². The number of hydrogen-bond donors (Lipinski definition) is 1. The summed E-state index contributed by atoms with van der Waals surface area (Å²) in [6, 6.07) is 5.89. The van der Waals surface area contributed by atoms with Gasteiger partial charge in [0.25, 0.3) is 0 Å². The van der Waals surface area contributed by atoms with Gasteiger partial charge in [-0.25, -0.2) is 9.18 Å². The molecule has 0 atom stereocenters. The van der Waals surface area contributed by atoms with Crippen LogP contribution in [0, 0.1) is 5.82 Å². The number of carbonyl (C=O) groups is 1. The van der Waals surface area contributed by atoms with Gasteiger partial charge in [-0.3, -0.25) is 5.10 Å². The van der Waals surface area contributed by atoms with Crippen LogP contribution in [0.15, 0.2) is 43.1 Å². The standard InChI is InChI=1S/C12H9FN2O2/c1-2-11(16)17-10-7-14-15-12(10)8-4-3-5-9(13)6-8/h2-7H,1H2,(H,14,15). The summed E-state index contributed by atoms with van der Waals surface area (Å²) in [5.74, 6) is -0.734. The minimum Gasteiger partial charge on any atom is -0.419 e. The topological polar surface area (TPSA) is 55.0 Å². The van der Waals surface area contributed by atoms with Gasteiger partial charge in [-0.05, 0) is 12.1 Å². The van der Waals surface area contributed by atoms with Gasteiger partial charge >= 0.3 is 5.97 Å². The van der Waals surface area contributed by atoms with Crippen molar-refractivity contribution in [1.29, 1.82) is 0 Å². The molecule has 0 aliphatic heterocycles. The van der Waals surface area contributed by atoms with Gasteiger partial charge in [0.1, 0.15) is 11.5 Å². The fraction of sp³-hybridized carbons (Fsp3) is 0. The van der Waals surface area contributed by atoms with E-state index in [9.17, 15) is 9.18 Å². The summed E-state index contributed by atoms with van der Waals surface area (Å²) >= 11 is 0. The second kappa shape index (κ2) is 4.61. The average Bonchev–Trinajstić information content (AvgIpc) is 2.77. The van der Waals surface area contributed by atoms with Crippen molar-refractivity contribution in [1.82, 2.24) is 10.2 Å². The summed E-state index contributed by atoms with van der Waals surface area (Å²) in [7, 11) is 0. The number of ether oxygens (including phenoxy) is 1. The molecule has 0 saturated heterocycles. The Bertz CT molecular complexity index is 563. The molecular weight excluding hydrogens is 223 g/mol. The monoisotopic (exact) mass is 232 g/mol. The molecular formula is C12H9FN2O2. The Morgan fingerprint density at radius 3 is 3.06 bits per heavy atom. The first-order chi connectivity index (χ1) is 8.20. The quantitative estimate of drug-likeness (QED) is 0.652. The molecule has 1 aromatic carbocycles. The van der Waals surface area contributed by atoms with E-state index in [1.54, 1.807) is 12.1 Å². The highest BCUT2D eigenvalue weighted by Gasteiger charge is 2.11. The Balaban J connectivity index is 2.36. The summed E-state index contributed by atoms with van der Waals surface area (Å²) < 4.78 is 18.0. The molecule has 1 N–H and O–H groups in total. The van der Waals surface area contributed by atoms with Gasteiger partial charge in [-0.2, -0.15) is 5.10 Å². The maximum absolute atomic E-state index is 13.1. The first-order valence-corrected chi connectivity index (χ1v) is 4.84. The Hall–Kier alpha value is -2.43. The van der Waals surface area contributed by atoms with Gasteiger partial charge in [0.2, 0.25) is 0 Å². The lowest BCUT2D eigenvalue weighted by Gasteiger charge is -2.02. The van der Waals surface area contributed by atoms with E-state index in [2.05, 4.69) is 16.8 Å². The summed E-state index contributed by atoms with van der Waals surface area (Å²) in [6.07, 6.45) is 2.39. The van der Waals surface area contributed by atoms with Crippen molar-refractivity contribution in [3.05, 3.63) is 48.9 Å². The zero-order chi connectivity index (χ0) is 12.3. The van der Waals surface area contributed by atoms with Gasteiger partial charge in [-0.15, -0.1) is 0 Å². The molecule has 0 fully saturated rings. The summed E-state index contributed by atoms with van der Waals surface area (Å²) in [5, 5.41) is 6.41. The highest BCUT2D eigenvalue weighted by molar-refractivity contribution is 5.84. The molecule has 0 unspecified atom stereocenters. The lowest BCUT2D eigenvalue weighted by Crippen LogP contribution is -2.03. The first kappa shape index (κ1) is 11.1. The number of carbonyl (C=O) groups excluding carboxylic acids is 1. The molecule has 2 aromatic rings. The number of esters is 1. The van der Waals surface area contributed by atoms with Crippen molar-refractivity contribution < 1.29 is 13.9 Å². The van der Waals surface area contributed by atoms with Crippen molar-refractivity contribution in [2.24, 2.45) is 0 Å². The Morgan fingerprint density at radius 1 is 1.53 bits per heavy atom. The maximum atomic E-state index is 13.1. The SMILES string of the molecule is C=CC(=O)Oc1cn[nH]c1-c1cccc(F)c1. The van der Waals surface area contributed by atoms with Crippen molar-refractivity contribution in [2.75, 3.05) is 0 Å². The normalized spacial score (nSPS) is 9.94. The highest BCUT2D eigenvalue weighted by Crippen LogP contribution is 2.27. The van der Waals surface area contributed by atoms with Gasteiger partial charge in [-0.1, -0.05) is 18.7 Å². The Labute approximate surface area is 96.7 Å². The number of rotatable bonds is 3. The second-order valence-corrected chi connectivity index (χ2v) is 3.24. The van der Waals surface area contributed by atoms with Crippen LogP contribution in [0.4, 0.5) is 4.39 Å². The third-order valence-electron chi connectivity index (χ3n) is 2.10. The summed E-state index contributed by atoms with van der Waals surface area (Å²) in [4.78, 5) is 11.1. The minimum atomic E-state index is -0.593. The molecule has 0 radical (unpaired) electrons. The Morgan fingerprint density at radius 2 is 2.35 bits per heavy atom. The molecule has 17 heavy (non-hydrogen) atoms. The smallest absolute Gasteiger partial charge is 0.335 e. The van der Waals surface area contributed by atoms with Crippen LogP contribution in [0.2, 0.25) is 0 Å². The zero-order valence-electron chi connectivity index (χ0n) is 8.81. The van der Waals surface area contributed by atoms with Crippen LogP contribution in [0.3, 0.4) is 0 Å². The van der Waals surface area contributed by atoms with Crippen LogP contribution in [0.5, 0.6) is 5.75 Å². The van der Waals surface area contributed by atoms with E-state index < -0.39 is 5.97 Å². The van der Waals surface area contributed by atoms with Crippen molar-refractivity contribution in [2.45, 2.75) is 0 Å². The van der Waals surface area contributed by atoms with E-state index in [0.717, 1.165) is 6.08 Å². The van der Waals surface area contributed by atoms with Crippen LogP contribution >= 0.6 is 0 Å². The van der Waals surface area contributed by atoms with E-state index in [-0.39, 0.29) is 11.6 Å². The minimum absolute atomic E-state index is 0.237. The maximum Gasteiger partial charge on any atom is 0.335 e. The van der Waals surface area contributed by atoms with E-state index in [1.807, 2.05) is 0 Å². The van der Waals surface area contributed by atoms with Crippen LogP contribution < -0.4 is 4.74 Å². The molecule has 86 valence electrons. The average molecular weight is 232 g/mol. The fourth-order valence-corrected chi connectivity index (χ4v) is 1.35. The Kier molecular flexibility index (Phi) is 3.00. The van der Waals surface area contributed by atoms with E-state index >= 15 is 0 Å². The number of H-pyrrole nitrogens is 1. The van der Waals surface area contributed by atoms with Gasteiger partial charge in [0, 0.05) is 11.6 Å². The van der Waals surface area contributed by atoms with E-state index in [4.69, 9.17) is 4.74 Å². The number of aromatic amines is 1. The highest BCUT2D eigenvalue weighted by atomic mass is 19.1. The third kappa shape index (κ3) is 2.39. The van der Waals surface area contributed by atoms with Gasteiger partial charge < -0.3 is 4.74 Å². The number of hydrogen-bond acceptors (Lipinski definition) is 3. The molecule has 0 amide bonds. The number of halogens is 1. The number of benzene rings is 1. The second-order valence-electron chi connectivity index (χ2n) is 3.24. The lowest BCUT2D eigenvalue weighted by molar-refractivity contribution is -0.128. The largest absolute Gasteiger partial charge is 0.419 e. The predicted molar refractivity (Wildman–Crippen MR) is 59.8 cm³/mol. The molecule has 0 aliphatic carbocycles. The molecule has 5 heteroatoms. The molecule has 2 rings (SSSR count). The van der Waals surface area contributed by atoms with Crippen molar-refractivity contribution >= 4 is 5.97 Å². The number of nitrogens with one attached hydrogen (secondary N) is 1. The van der Waals surface area contributed by atoms with Crippen molar-refractivity contribution in [3.63, 3.8) is 0 Å². The molecule has 0 spiro atoms. The zero-order valence-corrected chi connectivity index (χ0v) is 8.81. The van der Waals surface area contributed by atoms with Crippen molar-refractivity contribution in [3.8, 4) is 17.0 Å². The van der Waals surface area contributed by atoms with Crippen LogP contribution in [-0.4, -0.2) is 16.2 Å². The third-order valence-corrected chi connectivity index (χ3v) is 2.10. The number of aromatic nitrogens is 2.